The molecule has 0 aliphatic carbocycles. The molecule has 2 rings (SSSR count). The molecule has 1 fully saturated rings. The van der Waals surface area contributed by atoms with Gasteiger partial charge in [0.2, 0.25) is 0 Å². The Hall–Kier alpha value is -1.36. The molecule has 1 aliphatic rings. The third-order valence-electron chi connectivity index (χ3n) is 3.31. The van der Waals surface area contributed by atoms with Gasteiger partial charge < -0.3 is 15.4 Å². The SMILES string of the molecule is CCNc1ncnc(NC2CCCOC2)c1C(C)C. The van der Waals surface area contributed by atoms with E-state index in [1.165, 1.54) is 0 Å². The predicted octanol–water partition coefficient (Wildman–Crippen LogP) is 2.62. The first kappa shape index (κ1) is 14.1. The van der Waals surface area contributed by atoms with Crippen molar-refractivity contribution in [2.24, 2.45) is 0 Å². The van der Waals surface area contributed by atoms with Gasteiger partial charge in [-0.2, -0.15) is 0 Å². The van der Waals surface area contributed by atoms with Gasteiger partial charge in [-0.05, 0) is 25.7 Å². The van der Waals surface area contributed by atoms with Gasteiger partial charge in [0.05, 0.1) is 12.6 Å². The van der Waals surface area contributed by atoms with E-state index in [1.807, 2.05) is 0 Å². The summed E-state index contributed by atoms with van der Waals surface area (Å²) >= 11 is 0. The molecular formula is C14H24N4O. The van der Waals surface area contributed by atoms with Crippen LogP contribution in [-0.4, -0.2) is 35.8 Å². The van der Waals surface area contributed by atoms with Crippen molar-refractivity contribution < 1.29 is 4.74 Å². The van der Waals surface area contributed by atoms with Gasteiger partial charge in [-0.1, -0.05) is 13.8 Å². The summed E-state index contributed by atoms with van der Waals surface area (Å²) in [7, 11) is 0. The normalized spacial score (nSPS) is 19.5. The first-order valence-corrected chi connectivity index (χ1v) is 7.15. The lowest BCUT2D eigenvalue weighted by Gasteiger charge is -2.26. The lowest BCUT2D eigenvalue weighted by Crippen LogP contribution is -2.31. The second-order valence-electron chi connectivity index (χ2n) is 5.23. The molecular weight excluding hydrogens is 240 g/mol. The molecule has 1 aromatic rings. The molecule has 0 bridgehead atoms. The lowest BCUT2D eigenvalue weighted by molar-refractivity contribution is 0.0875. The van der Waals surface area contributed by atoms with Gasteiger partial charge in [-0.3, -0.25) is 0 Å². The molecule has 5 heteroatoms. The Bertz CT molecular complexity index is 402. The predicted molar refractivity (Wildman–Crippen MR) is 77.7 cm³/mol. The number of ether oxygens (including phenoxy) is 1. The van der Waals surface area contributed by atoms with Crippen LogP contribution in [0.1, 0.15) is 45.1 Å². The number of aromatic nitrogens is 2. The van der Waals surface area contributed by atoms with Gasteiger partial charge in [0.1, 0.15) is 18.0 Å². The minimum absolute atomic E-state index is 0.357. The summed E-state index contributed by atoms with van der Waals surface area (Å²) in [6, 6.07) is 0.357. The summed E-state index contributed by atoms with van der Waals surface area (Å²) < 4.78 is 5.51. The van der Waals surface area contributed by atoms with Crippen molar-refractivity contribution in [2.75, 3.05) is 30.4 Å². The molecule has 0 saturated carbocycles. The van der Waals surface area contributed by atoms with E-state index in [4.69, 9.17) is 4.74 Å². The topological polar surface area (TPSA) is 59.1 Å². The smallest absolute Gasteiger partial charge is 0.135 e. The average Bonchev–Trinajstić information content (AvgIpc) is 2.40. The molecule has 0 amide bonds. The lowest BCUT2D eigenvalue weighted by atomic mass is 10.0. The van der Waals surface area contributed by atoms with Crippen molar-refractivity contribution in [2.45, 2.75) is 45.6 Å². The van der Waals surface area contributed by atoms with Gasteiger partial charge >= 0.3 is 0 Å². The van der Waals surface area contributed by atoms with E-state index < -0.39 is 0 Å². The summed E-state index contributed by atoms with van der Waals surface area (Å²) in [6.07, 6.45) is 3.87. The number of nitrogens with zero attached hydrogens (tertiary/aromatic N) is 2. The largest absolute Gasteiger partial charge is 0.379 e. The Morgan fingerprint density at radius 3 is 2.79 bits per heavy atom. The van der Waals surface area contributed by atoms with Crippen LogP contribution in [-0.2, 0) is 4.74 Å². The van der Waals surface area contributed by atoms with Crippen LogP contribution in [0.15, 0.2) is 6.33 Å². The van der Waals surface area contributed by atoms with Crippen molar-refractivity contribution in [1.82, 2.24) is 9.97 Å². The van der Waals surface area contributed by atoms with Gasteiger partial charge in [-0.25, -0.2) is 9.97 Å². The molecule has 2 N–H and O–H groups in total. The molecule has 0 aromatic carbocycles. The van der Waals surface area contributed by atoms with E-state index in [9.17, 15) is 0 Å². The summed E-state index contributed by atoms with van der Waals surface area (Å²) in [5.41, 5.74) is 1.16. The summed E-state index contributed by atoms with van der Waals surface area (Å²) in [5, 5.41) is 6.83. The monoisotopic (exact) mass is 264 g/mol. The van der Waals surface area contributed by atoms with Crippen LogP contribution in [0.3, 0.4) is 0 Å². The fourth-order valence-corrected chi connectivity index (χ4v) is 2.41. The molecule has 2 heterocycles. The number of hydrogen-bond donors (Lipinski definition) is 2. The van der Waals surface area contributed by atoms with Crippen molar-refractivity contribution in [1.29, 1.82) is 0 Å². The highest BCUT2D eigenvalue weighted by molar-refractivity contribution is 5.59. The second-order valence-corrected chi connectivity index (χ2v) is 5.23. The summed E-state index contributed by atoms with van der Waals surface area (Å²) in [5.74, 6) is 2.26. The van der Waals surface area contributed by atoms with Gasteiger partial charge in [0, 0.05) is 18.7 Å². The fourth-order valence-electron chi connectivity index (χ4n) is 2.41. The third-order valence-corrected chi connectivity index (χ3v) is 3.31. The van der Waals surface area contributed by atoms with Crippen molar-refractivity contribution >= 4 is 11.6 Å². The van der Waals surface area contributed by atoms with Crippen LogP contribution in [0.4, 0.5) is 11.6 Å². The highest BCUT2D eigenvalue weighted by Gasteiger charge is 2.19. The first-order valence-electron chi connectivity index (χ1n) is 7.15. The van der Waals surface area contributed by atoms with E-state index in [-0.39, 0.29) is 0 Å². The van der Waals surface area contributed by atoms with Crippen LogP contribution < -0.4 is 10.6 Å². The molecule has 1 aromatic heterocycles. The van der Waals surface area contributed by atoms with Crippen LogP contribution in [0.25, 0.3) is 0 Å². The highest BCUT2D eigenvalue weighted by atomic mass is 16.5. The van der Waals surface area contributed by atoms with Gasteiger partial charge in [0.25, 0.3) is 0 Å². The first-order chi connectivity index (χ1) is 9.22. The van der Waals surface area contributed by atoms with E-state index in [1.54, 1.807) is 6.33 Å². The standard InChI is InChI=1S/C14H24N4O/c1-4-15-13-12(10(2)3)14(17-9-16-13)18-11-6-5-7-19-8-11/h9-11H,4-8H2,1-3H3,(H2,15,16,17,18). The molecule has 1 atom stereocenters. The van der Waals surface area contributed by atoms with Gasteiger partial charge in [0.15, 0.2) is 0 Å². The molecule has 1 saturated heterocycles. The molecule has 1 unspecified atom stereocenters. The quantitative estimate of drug-likeness (QED) is 0.856. The Morgan fingerprint density at radius 2 is 2.16 bits per heavy atom. The average molecular weight is 264 g/mol. The summed E-state index contributed by atoms with van der Waals surface area (Å²) in [6.45, 7) is 8.92. The zero-order valence-electron chi connectivity index (χ0n) is 12.1. The Morgan fingerprint density at radius 1 is 1.37 bits per heavy atom. The molecule has 19 heavy (non-hydrogen) atoms. The van der Waals surface area contributed by atoms with E-state index in [2.05, 4.69) is 41.4 Å². The number of anilines is 2. The van der Waals surface area contributed by atoms with Crippen LogP contribution in [0, 0.1) is 0 Å². The van der Waals surface area contributed by atoms with Crippen LogP contribution >= 0.6 is 0 Å². The van der Waals surface area contributed by atoms with Crippen LogP contribution in [0.2, 0.25) is 0 Å². The minimum atomic E-state index is 0.357. The highest BCUT2D eigenvalue weighted by Crippen LogP contribution is 2.29. The van der Waals surface area contributed by atoms with Crippen LogP contribution in [0.5, 0.6) is 0 Å². The Labute approximate surface area is 115 Å². The van der Waals surface area contributed by atoms with E-state index in [0.29, 0.717) is 12.0 Å². The maximum atomic E-state index is 5.51. The van der Waals surface area contributed by atoms with E-state index in [0.717, 1.165) is 49.8 Å². The molecule has 5 nitrogen and oxygen atoms in total. The van der Waals surface area contributed by atoms with Gasteiger partial charge in [-0.15, -0.1) is 0 Å². The summed E-state index contributed by atoms with van der Waals surface area (Å²) in [4.78, 5) is 8.77. The Balaban J connectivity index is 2.20. The zero-order chi connectivity index (χ0) is 13.7. The maximum absolute atomic E-state index is 5.51. The third kappa shape index (κ3) is 3.56. The molecule has 106 valence electrons. The minimum Gasteiger partial charge on any atom is -0.379 e. The maximum Gasteiger partial charge on any atom is 0.135 e. The number of rotatable bonds is 5. The molecule has 1 aliphatic heterocycles. The van der Waals surface area contributed by atoms with Crippen molar-refractivity contribution in [3.63, 3.8) is 0 Å². The van der Waals surface area contributed by atoms with Crippen molar-refractivity contribution in [3.05, 3.63) is 11.9 Å². The number of nitrogens with one attached hydrogen (secondary N) is 2. The zero-order valence-corrected chi connectivity index (χ0v) is 12.1. The molecule has 0 spiro atoms. The molecule has 0 radical (unpaired) electrons. The van der Waals surface area contributed by atoms with Crippen molar-refractivity contribution in [3.8, 4) is 0 Å². The fraction of sp³-hybridized carbons (Fsp3) is 0.714. The second kappa shape index (κ2) is 6.70. The number of hydrogen-bond acceptors (Lipinski definition) is 5. The van der Waals surface area contributed by atoms with E-state index >= 15 is 0 Å². The Kier molecular flexibility index (Phi) is 4.96.